The highest BCUT2D eigenvalue weighted by atomic mass is 127. The number of anilines is 1. The number of hydrogen-bond acceptors (Lipinski definition) is 5. The highest BCUT2D eigenvalue weighted by Gasteiger charge is 2.28. The van der Waals surface area contributed by atoms with Crippen LogP contribution in [0.25, 0.3) is 11.0 Å². The molecule has 10 heteroatoms. The molecule has 1 heterocycles. The van der Waals surface area contributed by atoms with Gasteiger partial charge in [-0.25, -0.2) is 9.18 Å². The first kappa shape index (κ1) is 30.0. The third-order valence-electron chi connectivity index (χ3n) is 6.32. The lowest BCUT2D eigenvalue weighted by Crippen LogP contribution is -2.15. The van der Waals surface area contributed by atoms with Crippen LogP contribution in [-0.2, 0) is 17.6 Å². The van der Waals surface area contributed by atoms with Crippen LogP contribution in [0.3, 0.4) is 0 Å². The summed E-state index contributed by atoms with van der Waals surface area (Å²) in [5.41, 5.74) is 2.76. The van der Waals surface area contributed by atoms with Gasteiger partial charge in [-0.1, -0.05) is 20.3 Å². The van der Waals surface area contributed by atoms with Gasteiger partial charge in [-0.05, 0) is 112 Å². The van der Waals surface area contributed by atoms with Crippen molar-refractivity contribution in [3.63, 3.8) is 0 Å². The molecule has 0 spiro atoms. The molecule has 0 aliphatic heterocycles. The Bertz CT molecular complexity index is 1600. The second-order valence-corrected chi connectivity index (χ2v) is 11.3. The summed E-state index contributed by atoms with van der Waals surface area (Å²) in [4.78, 5) is 38.3. The molecule has 1 aromatic heterocycles. The molecule has 208 valence electrons. The van der Waals surface area contributed by atoms with Crippen LogP contribution in [0, 0.1) is 13.0 Å². The molecular formula is C30H26FI2NO6. The average molecular weight is 769 g/mol. The first-order valence-corrected chi connectivity index (χ1v) is 14.8. The zero-order valence-corrected chi connectivity index (χ0v) is 26.1. The van der Waals surface area contributed by atoms with Crippen molar-refractivity contribution in [3.8, 4) is 5.75 Å². The largest absolute Gasteiger partial charge is 0.480 e. The van der Waals surface area contributed by atoms with Crippen LogP contribution in [-0.4, -0.2) is 29.4 Å². The van der Waals surface area contributed by atoms with E-state index in [0.717, 1.165) is 22.0 Å². The number of unbranched alkanes of at least 4 members (excludes halogenated alkanes) is 1. The lowest BCUT2D eigenvalue weighted by atomic mass is 9.96. The van der Waals surface area contributed by atoms with E-state index in [9.17, 15) is 23.9 Å². The molecule has 3 aromatic carbocycles. The molecule has 0 fully saturated rings. The number of carboxylic acid groups (broad SMARTS) is 1. The summed E-state index contributed by atoms with van der Waals surface area (Å²) in [7, 11) is 0. The van der Waals surface area contributed by atoms with Gasteiger partial charge in [0.15, 0.2) is 6.61 Å². The first-order chi connectivity index (χ1) is 19.1. The molecule has 0 aliphatic carbocycles. The highest BCUT2D eigenvalue weighted by Crippen LogP contribution is 2.38. The summed E-state index contributed by atoms with van der Waals surface area (Å²) in [5, 5.41) is 12.6. The number of nitrogens with one attached hydrogen (secondary N) is 1. The molecule has 0 aliphatic rings. The van der Waals surface area contributed by atoms with Crippen molar-refractivity contribution in [3.05, 3.63) is 89.5 Å². The average Bonchev–Trinajstić information content (AvgIpc) is 3.28. The van der Waals surface area contributed by atoms with E-state index in [-0.39, 0.29) is 22.7 Å². The molecular weight excluding hydrogens is 743 g/mol. The van der Waals surface area contributed by atoms with Gasteiger partial charge in [0.05, 0.1) is 14.7 Å². The Kier molecular flexibility index (Phi) is 9.82. The van der Waals surface area contributed by atoms with E-state index < -0.39 is 24.3 Å². The number of hydrogen-bond donors (Lipinski definition) is 2. The summed E-state index contributed by atoms with van der Waals surface area (Å²) in [6, 6.07) is 12.0. The summed E-state index contributed by atoms with van der Waals surface area (Å²) < 4.78 is 26.6. The Morgan fingerprint density at radius 1 is 1.05 bits per heavy atom. The van der Waals surface area contributed by atoms with Gasteiger partial charge >= 0.3 is 5.97 Å². The predicted octanol–water partition coefficient (Wildman–Crippen LogP) is 7.63. The minimum absolute atomic E-state index is 0.224. The molecule has 0 atom stereocenters. The van der Waals surface area contributed by atoms with Gasteiger partial charge in [0, 0.05) is 26.6 Å². The minimum Gasteiger partial charge on any atom is -0.480 e. The van der Waals surface area contributed by atoms with E-state index in [1.54, 1.807) is 24.3 Å². The Morgan fingerprint density at radius 3 is 2.42 bits per heavy atom. The second kappa shape index (κ2) is 13.1. The van der Waals surface area contributed by atoms with Crippen molar-refractivity contribution in [1.82, 2.24) is 0 Å². The van der Waals surface area contributed by atoms with Crippen LogP contribution in [0.5, 0.6) is 5.75 Å². The molecule has 4 aromatic rings. The van der Waals surface area contributed by atoms with Gasteiger partial charge in [0.2, 0.25) is 5.78 Å². The van der Waals surface area contributed by atoms with E-state index in [2.05, 4.69) is 50.5 Å². The maximum atomic E-state index is 14.2. The molecule has 0 radical (unpaired) electrons. The number of carbonyl (C=O) groups is 3. The molecule has 1 amide bonds. The number of furan rings is 1. The number of fused-ring (bicyclic) bond motifs is 1. The Balaban J connectivity index is 1.83. The number of aliphatic carboxylic acids is 1. The maximum absolute atomic E-state index is 14.2. The van der Waals surface area contributed by atoms with Gasteiger partial charge in [-0.2, -0.15) is 0 Å². The number of amides is 1. The van der Waals surface area contributed by atoms with E-state index >= 15 is 0 Å². The number of carboxylic acids is 1. The summed E-state index contributed by atoms with van der Waals surface area (Å²) in [5.74, 6) is -1.64. The third-order valence-corrected chi connectivity index (χ3v) is 8.42. The fourth-order valence-electron chi connectivity index (χ4n) is 4.33. The summed E-state index contributed by atoms with van der Waals surface area (Å²) in [6.45, 7) is 3.43. The van der Waals surface area contributed by atoms with Crippen molar-refractivity contribution in [1.29, 1.82) is 0 Å². The van der Waals surface area contributed by atoms with Crippen LogP contribution in [0.15, 0.2) is 52.9 Å². The number of ketones is 1. The van der Waals surface area contributed by atoms with Gasteiger partial charge < -0.3 is 19.6 Å². The van der Waals surface area contributed by atoms with Crippen molar-refractivity contribution in [2.75, 3.05) is 11.9 Å². The van der Waals surface area contributed by atoms with Gasteiger partial charge in [0.1, 0.15) is 22.9 Å². The molecule has 4 rings (SSSR count). The van der Waals surface area contributed by atoms with E-state index in [1.165, 1.54) is 24.3 Å². The minimum atomic E-state index is -1.15. The molecule has 7 nitrogen and oxygen atoms in total. The van der Waals surface area contributed by atoms with Gasteiger partial charge in [0.25, 0.3) is 5.91 Å². The number of aryl methyl sites for hydroxylation is 1. The molecule has 2 N–H and O–H groups in total. The Hall–Kier alpha value is -3.00. The summed E-state index contributed by atoms with van der Waals surface area (Å²) in [6.07, 6.45) is 2.89. The number of ether oxygens (including phenoxy) is 1. The lowest BCUT2D eigenvalue weighted by Gasteiger charge is -2.16. The van der Waals surface area contributed by atoms with E-state index in [4.69, 9.17) is 9.15 Å². The lowest BCUT2D eigenvalue weighted by molar-refractivity contribution is -0.139. The van der Waals surface area contributed by atoms with Crippen LogP contribution >= 0.6 is 45.2 Å². The third kappa shape index (κ3) is 6.48. The van der Waals surface area contributed by atoms with Crippen molar-refractivity contribution in [2.24, 2.45) is 0 Å². The van der Waals surface area contributed by atoms with Crippen LogP contribution in [0.1, 0.15) is 64.3 Å². The normalized spacial score (nSPS) is 11.0. The molecule has 40 heavy (non-hydrogen) atoms. The fraction of sp³-hybridized carbons (Fsp3) is 0.233. The van der Waals surface area contributed by atoms with Crippen LogP contribution < -0.4 is 10.1 Å². The maximum Gasteiger partial charge on any atom is 0.341 e. The number of carbonyl (C=O) groups excluding carboxylic acids is 2. The van der Waals surface area contributed by atoms with Crippen molar-refractivity contribution in [2.45, 2.75) is 39.5 Å². The molecule has 0 saturated heterocycles. The molecule has 0 saturated carbocycles. The zero-order chi connectivity index (χ0) is 29.0. The second-order valence-electron chi connectivity index (χ2n) is 9.07. The molecule has 0 bridgehead atoms. The smallest absolute Gasteiger partial charge is 0.341 e. The van der Waals surface area contributed by atoms with E-state index in [1.807, 2.05) is 13.8 Å². The Labute approximate surface area is 257 Å². The van der Waals surface area contributed by atoms with Gasteiger partial charge in [-0.3, -0.25) is 9.59 Å². The quantitative estimate of drug-likeness (QED) is 0.120. The van der Waals surface area contributed by atoms with Crippen LogP contribution in [0.2, 0.25) is 0 Å². The van der Waals surface area contributed by atoms with E-state index in [0.29, 0.717) is 44.4 Å². The fourth-order valence-corrected chi connectivity index (χ4v) is 6.93. The molecule has 0 unspecified atom stereocenters. The summed E-state index contributed by atoms with van der Waals surface area (Å²) >= 11 is 4.27. The number of rotatable bonds is 11. The Morgan fingerprint density at radius 2 is 1.77 bits per heavy atom. The topological polar surface area (TPSA) is 106 Å². The predicted molar refractivity (Wildman–Crippen MR) is 167 cm³/mol. The first-order valence-electron chi connectivity index (χ1n) is 12.7. The zero-order valence-electron chi connectivity index (χ0n) is 21.8. The number of halogens is 3. The van der Waals surface area contributed by atoms with Crippen molar-refractivity contribution >= 4 is 79.5 Å². The van der Waals surface area contributed by atoms with Crippen LogP contribution in [0.4, 0.5) is 10.1 Å². The van der Waals surface area contributed by atoms with Gasteiger partial charge in [-0.15, -0.1) is 0 Å². The standard InChI is InChI=1S/C30H26FI2NO6/c1-3-5-6-24-26(28(37)21-14-22(32)19(4-2)27(33)29(21)39-15-25(35)36)20-13-18(11-12-23(20)40-24)34-30(38)16-7-9-17(31)10-8-16/h7-14H,3-6,15H2,1-2H3,(H,34,38)(H,35,36). The number of benzene rings is 3. The monoisotopic (exact) mass is 769 g/mol. The SMILES string of the molecule is CCCCc1oc2ccc(NC(=O)c3ccc(F)cc3)cc2c1C(=O)c1cc(I)c(CC)c(I)c1OCC(=O)O. The van der Waals surface area contributed by atoms with Crippen molar-refractivity contribution < 1.29 is 33.0 Å². The highest BCUT2D eigenvalue weighted by molar-refractivity contribution is 14.1.